The van der Waals surface area contributed by atoms with E-state index in [9.17, 15) is 4.79 Å². The Bertz CT molecular complexity index is 151. The molecule has 0 radical (unpaired) electrons. The standard InChI is InChI=1S/C3H7B2ClO4/c4-2(5,1(7)8)3(6,9)10/h9-10H,4-5H2,(H,7,8). The molecule has 0 heterocycles. The summed E-state index contributed by atoms with van der Waals surface area (Å²) in [5.74, 6) is -1.37. The fourth-order valence-corrected chi connectivity index (χ4v) is 0.217. The molecule has 0 aromatic rings. The number of aliphatic carboxylic acids is 1. The molecule has 0 saturated heterocycles. The molecule has 0 spiro atoms. The summed E-state index contributed by atoms with van der Waals surface area (Å²) in [6.45, 7) is 0. The molecule has 0 rings (SSSR count). The van der Waals surface area contributed by atoms with Crippen LogP contribution in [0.25, 0.3) is 0 Å². The number of hydrogen-bond acceptors (Lipinski definition) is 3. The Morgan fingerprint density at radius 2 is 1.70 bits per heavy atom. The summed E-state index contributed by atoms with van der Waals surface area (Å²) in [5.41, 5.74) is 0. The summed E-state index contributed by atoms with van der Waals surface area (Å²) in [5, 5.41) is 21.2. The average molecular weight is 164 g/mol. The highest BCUT2D eigenvalue weighted by molar-refractivity contribution is 6.54. The predicted molar refractivity (Wildman–Crippen MR) is 40.4 cm³/mol. The molecule has 0 aliphatic heterocycles. The largest absolute Gasteiger partial charge is 0.482 e. The maximum atomic E-state index is 10.3. The summed E-state index contributed by atoms with van der Waals surface area (Å²) in [4.78, 5) is 10.3. The van der Waals surface area contributed by atoms with Gasteiger partial charge in [-0.25, -0.2) is 0 Å². The van der Waals surface area contributed by atoms with E-state index in [1.807, 2.05) is 0 Å². The van der Waals surface area contributed by atoms with Crippen molar-refractivity contribution in [2.24, 2.45) is 0 Å². The van der Waals surface area contributed by atoms with Gasteiger partial charge in [-0.05, 0) is 0 Å². The van der Waals surface area contributed by atoms with Gasteiger partial charge in [0.1, 0.15) is 15.7 Å². The van der Waals surface area contributed by atoms with Crippen LogP contribution in [0.3, 0.4) is 0 Å². The summed E-state index contributed by atoms with van der Waals surface area (Å²) < 4.78 is 0. The zero-order valence-corrected chi connectivity index (χ0v) is 6.38. The molecule has 7 heteroatoms. The maximum Gasteiger partial charge on any atom is 0.300 e. The van der Waals surface area contributed by atoms with E-state index in [4.69, 9.17) is 26.9 Å². The van der Waals surface area contributed by atoms with Crippen molar-refractivity contribution in [3.05, 3.63) is 0 Å². The van der Waals surface area contributed by atoms with Crippen molar-refractivity contribution < 1.29 is 20.1 Å². The van der Waals surface area contributed by atoms with Gasteiger partial charge in [0.05, 0.1) is 5.21 Å². The highest BCUT2D eigenvalue weighted by Crippen LogP contribution is 2.33. The molecule has 0 atom stereocenters. The SMILES string of the molecule is BC(B)(C(=O)O)C(O)(O)Cl. The van der Waals surface area contributed by atoms with Gasteiger partial charge < -0.3 is 15.3 Å². The van der Waals surface area contributed by atoms with Crippen molar-refractivity contribution in [3.8, 4) is 0 Å². The highest BCUT2D eigenvalue weighted by Gasteiger charge is 2.46. The summed E-state index contributed by atoms with van der Waals surface area (Å²) >= 11 is 4.95. The third-order valence-corrected chi connectivity index (χ3v) is 1.80. The van der Waals surface area contributed by atoms with Crippen LogP contribution >= 0.6 is 11.6 Å². The van der Waals surface area contributed by atoms with Crippen LogP contribution in [-0.2, 0) is 4.79 Å². The number of carboxylic acid groups (broad SMARTS) is 1. The Balaban J connectivity index is 4.57. The van der Waals surface area contributed by atoms with Crippen molar-refractivity contribution in [2.45, 2.75) is 10.5 Å². The van der Waals surface area contributed by atoms with Crippen LogP contribution in [0.5, 0.6) is 0 Å². The normalized spacial score (nSPS) is 13.1. The van der Waals surface area contributed by atoms with Crippen molar-refractivity contribution in [2.75, 3.05) is 0 Å². The number of rotatable bonds is 2. The minimum atomic E-state index is -2.71. The number of carboxylic acids is 1. The van der Waals surface area contributed by atoms with E-state index in [0.717, 1.165) is 15.7 Å². The van der Waals surface area contributed by atoms with Crippen LogP contribution in [0.1, 0.15) is 0 Å². The predicted octanol–water partition coefficient (Wildman–Crippen LogP) is -2.67. The Morgan fingerprint density at radius 1 is 1.40 bits per heavy atom. The second-order valence-electron chi connectivity index (χ2n) is 2.52. The van der Waals surface area contributed by atoms with Crippen LogP contribution in [0.4, 0.5) is 0 Å². The van der Waals surface area contributed by atoms with Crippen molar-refractivity contribution in [1.29, 1.82) is 0 Å². The number of alkyl halides is 1. The van der Waals surface area contributed by atoms with E-state index in [1.54, 1.807) is 0 Å². The van der Waals surface area contributed by atoms with Crippen molar-refractivity contribution in [1.82, 2.24) is 0 Å². The second-order valence-corrected chi connectivity index (χ2v) is 3.04. The molecular weight excluding hydrogens is 157 g/mol. The molecule has 3 N–H and O–H groups in total. The fourth-order valence-electron chi connectivity index (χ4n) is 0.136. The molecule has 0 aromatic carbocycles. The minimum Gasteiger partial charge on any atom is -0.482 e. The van der Waals surface area contributed by atoms with Crippen LogP contribution in [0.2, 0.25) is 5.21 Å². The summed E-state index contributed by atoms with van der Waals surface area (Å²) in [6.07, 6.45) is 0. The smallest absolute Gasteiger partial charge is 0.300 e. The lowest BCUT2D eigenvalue weighted by molar-refractivity contribution is -0.155. The molecule has 0 saturated carbocycles. The second kappa shape index (κ2) is 2.45. The monoisotopic (exact) mass is 164 g/mol. The maximum absolute atomic E-state index is 10.3. The molecular formula is C3H7B2ClO4. The quantitative estimate of drug-likeness (QED) is 0.236. The number of hydrogen-bond donors (Lipinski definition) is 3. The Hall–Kier alpha value is -0.190. The number of carbonyl (C=O) groups is 1. The average Bonchev–Trinajstić information content (AvgIpc) is 1.62. The van der Waals surface area contributed by atoms with E-state index in [0.29, 0.717) is 0 Å². The van der Waals surface area contributed by atoms with E-state index in [2.05, 4.69) is 0 Å². The Morgan fingerprint density at radius 3 is 1.70 bits per heavy atom. The van der Waals surface area contributed by atoms with Crippen LogP contribution in [0, 0.1) is 0 Å². The van der Waals surface area contributed by atoms with Crippen LogP contribution < -0.4 is 0 Å². The van der Waals surface area contributed by atoms with Crippen molar-refractivity contribution in [3.63, 3.8) is 0 Å². The van der Waals surface area contributed by atoms with Gasteiger partial charge in [0, 0.05) is 0 Å². The summed E-state index contributed by atoms with van der Waals surface area (Å²) in [6, 6.07) is 0. The van der Waals surface area contributed by atoms with Crippen molar-refractivity contribution >= 4 is 33.3 Å². The lowest BCUT2D eigenvalue weighted by Crippen LogP contribution is -2.44. The first-order chi connectivity index (χ1) is 4.19. The zero-order valence-electron chi connectivity index (χ0n) is 5.63. The molecule has 0 aliphatic rings. The highest BCUT2D eigenvalue weighted by atomic mass is 35.5. The Labute approximate surface area is 64.6 Å². The zero-order chi connectivity index (χ0) is 8.58. The molecule has 0 aliphatic carbocycles. The van der Waals surface area contributed by atoms with E-state index in [-0.39, 0.29) is 0 Å². The van der Waals surface area contributed by atoms with Gasteiger partial charge >= 0.3 is 0 Å². The van der Waals surface area contributed by atoms with Gasteiger partial charge in [0.2, 0.25) is 5.25 Å². The van der Waals surface area contributed by atoms with E-state index in [1.165, 1.54) is 0 Å². The van der Waals surface area contributed by atoms with Gasteiger partial charge in [0.15, 0.2) is 0 Å². The molecule has 4 nitrogen and oxygen atoms in total. The topological polar surface area (TPSA) is 77.8 Å². The molecule has 10 heavy (non-hydrogen) atoms. The van der Waals surface area contributed by atoms with Crippen LogP contribution in [-0.4, -0.2) is 42.2 Å². The number of aliphatic hydroxyl groups is 2. The lowest BCUT2D eigenvalue weighted by Gasteiger charge is -2.28. The lowest BCUT2D eigenvalue weighted by atomic mass is 9.53. The van der Waals surface area contributed by atoms with Gasteiger partial charge in [-0.3, -0.25) is 4.79 Å². The molecule has 0 fully saturated rings. The van der Waals surface area contributed by atoms with Gasteiger partial charge in [-0.15, -0.1) is 0 Å². The Kier molecular flexibility index (Phi) is 2.40. The molecule has 0 aromatic heterocycles. The van der Waals surface area contributed by atoms with E-state index >= 15 is 0 Å². The minimum absolute atomic E-state index is 1.11. The molecule has 0 bridgehead atoms. The number of halogens is 1. The third-order valence-electron chi connectivity index (χ3n) is 1.33. The first-order valence-electron chi connectivity index (χ1n) is 2.56. The first-order valence-corrected chi connectivity index (χ1v) is 2.94. The van der Waals surface area contributed by atoms with Gasteiger partial charge in [-0.2, -0.15) is 0 Å². The summed E-state index contributed by atoms with van der Waals surface area (Å²) in [7, 11) is 2.23. The van der Waals surface area contributed by atoms with Gasteiger partial charge in [0.25, 0.3) is 5.97 Å². The fraction of sp³-hybridized carbons (Fsp3) is 0.667. The molecule has 0 amide bonds. The third kappa shape index (κ3) is 1.65. The first kappa shape index (κ1) is 9.81. The van der Waals surface area contributed by atoms with Crippen LogP contribution in [0.15, 0.2) is 0 Å². The molecule has 0 unspecified atom stereocenters. The molecule has 56 valence electrons. The van der Waals surface area contributed by atoms with E-state index < -0.39 is 16.4 Å². The van der Waals surface area contributed by atoms with Gasteiger partial charge in [-0.1, -0.05) is 11.6 Å².